The molecule has 0 saturated heterocycles. The highest BCUT2D eigenvalue weighted by Gasteiger charge is 2.17. The molecule has 0 fully saturated rings. The minimum absolute atomic E-state index is 0.564. The van der Waals surface area contributed by atoms with E-state index < -0.39 is 6.10 Å². The zero-order chi connectivity index (χ0) is 13.9. The predicted molar refractivity (Wildman–Crippen MR) is 83.5 cm³/mol. The van der Waals surface area contributed by atoms with E-state index in [0.717, 1.165) is 27.6 Å². The van der Waals surface area contributed by atoms with Crippen molar-refractivity contribution in [2.24, 2.45) is 0 Å². The maximum atomic E-state index is 10.6. The second-order valence-electron chi connectivity index (χ2n) is 4.75. The van der Waals surface area contributed by atoms with E-state index in [1.165, 1.54) is 0 Å². The highest BCUT2D eigenvalue weighted by Crippen LogP contribution is 2.34. The van der Waals surface area contributed by atoms with E-state index in [1.807, 2.05) is 41.8 Å². The van der Waals surface area contributed by atoms with Crippen molar-refractivity contribution in [2.75, 3.05) is 7.11 Å². The zero-order valence-electron chi connectivity index (χ0n) is 11.2. The van der Waals surface area contributed by atoms with Crippen LogP contribution in [-0.4, -0.2) is 12.2 Å². The minimum Gasteiger partial charge on any atom is -0.496 e. The topological polar surface area (TPSA) is 29.5 Å². The summed E-state index contributed by atoms with van der Waals surface area (Å²) in [5.74, 6) is 0.742. The van der Waals surface area contributed by atoms with Crippen LogP contribution in [0.1, 0.15) is 17.2 Å². The van der Waals surface area contributed by atoms with Gasteiger partial charge in [0.25, 0.3) is 0 Å². The van der Waals surface area contributed by atoms with E-state index in [9.17, 15) is 5.11 Å². The van der Waals surface area contributed by atoms with E-state index in [4.69, 9.17) is 4.74 Å². The van der Waals surface area contributed by atoms with Gasteiger partial charge >= 0.3 is 0 Å². The van der Waals surface area contributed by atoms with Crippen molar-refractivity contribution in [1.82, 2.24) is 0 Å². The van der Waals surface area contributed by atoms with Crippen LogP contribution in [0.4, 0.5) is 0 Å². The lowest BCUT2D eigenvalue weighted by molar-refractivity contribution is 0.176. The molecule has 2 nitrogen and oxygen atoms in total. The Bertz CT molecular complexity index is 704. The lowest BCUT2D eigenvalue weighted by Gasteiger charge is -2.17. The molecule has 0 spiro atoms. The van der Waals surface area contributed by atoms with Gasteiger partial charge in [-0.1, -0.05) is 30.3 Å². The summed E-state index contributed by atoms with van der Waals surface area (Å²) in [5.41, 5.74) is 2.02. The van der Waals surface area contributed by atoms with Gasteiger partial charge in [0.15, 0.2) is 0 Å². The Kier molecular flexibility index (Phi) is 3.72. The Labute approximate surface area is 122 Å². The third-order valence-electron chi connectivity index (χ3n) is 3.49. The second-order valence-corrected chi connectivity index (χ2v) is 5.53. The van der Waals surface area contributed by atoms with Crippen molar-refractivity contribution in [2.45, 2.75) is 12.5 Å². The number of aliphatic hydroxyl groups excluding tert-OH is 1. The SMILES string of the molecule is COc1ccc2ccccc2c1C(O)Cc1ccsc1. The number of benzene rings is 2. The van der Waals surface area contributed by atoms with Crippen molar-refractivity contribution in [3.05, 3.63) is 64.4 Å². The molecule has 1 N–H and O–H groups in total. The molecule has 0 bridgehead atoms. The Balaban J connectivity index is 2.08. The van der Waals surface area contributed by atoms with Crippen LogP contribution in [-0.2, 0) is 6.42 Å². The summed E-state index contributed by atoms with van der Waals surface area (Å²) in [5, 5.41) is 16.9. The molecule has 0 aliphatic carbocycles. The minimum atomic E-state index is -0.564. The summed E-state index contributed by atoms with van der Waals surface area (Å²) in [4.78, 5) is 0. The van der Waals surface area contributed by atoms with Gasteiger partial charge in [-0.25, -0.2) is 0 Å². The first-order valence-electron chi connectivity index (χ1n) is 6.54. The fraction of sp³-hybridized carbons (Fsp3) is 0.176. The molecule has 3 heteroatoms. The average Bonchev–Trinajstić information content (AvgIpc) is 2.98. The molecule has 0 aliphatic rings. The Morgan fingerprint density at radius 3 is 2.75 bits per heavy atom. The summed E-state index contributed by atoms with van der Waals surface area (Å²) in [6, 6.07) is 14.1. The molecule has 20 heavy (non-hydrogen) atoms. The normalized spacial score (nSPS) is 12.5. The Hall–Kier alpha value is -1.84. The van der Waals surface area contributed by atoms with Crippen LogP contribution in [0.5, 0.6) is 5.75 Å². The lowest BCUT2D eigenvalue weighted by Crippen LogP contribution is -2.04. The maximum Gasteiger partial charge on any atom is 0.125 e. The molecule has 1 atom stereocenters. The van der Waals surface area contributed by atoms with Crippen molar-refractivity contribution in [3.8, 4) is 5.75 Å². The van der Waals surface area contributed by atoms with Crippen LogP contribution < -0.4 is 4.74 Å². The van der Waals surface area contributed by atoms with Gasteiger partial charge in [-0.3, -0.25) is 0 Å². The van der Waals surface area contributed by atoms with Gasteiger partial charge in [0, 0.05) is 12.0 Å². The smallest absolute Gasteiger partial charge is 0.125 e. The van der Waals surface area contributed by atoms with Crippen LogP contribution in [0.15, 0.2) is 53.2 Å². The molecule has 0 radical (unpaired) electrons. The number of hydrogen-bond donors (Lipinski definition) is 1. The van der Waals surface area contributed by atoms with Gasteiger partial charge < -0.3 is 9.84 Å². The summed E-state index contributed by atoms with van der Waals surface area (Å²) in [6.45, 7) is 0. The van der Waals surface area contributed by atoms with E-state index >= 15 is 0 Å². The molecular formula is C17H16O2S. The summed E-state index contributed by atoms with van der Waals surface area (Å²) < 4.78 is 5.44. The molecule has 0 amide bonds. The first-order chi connectivity index (χ1) is 9.79. The third kappa shape index (κ3) is 2.42. The molecular weight excluding hydrogens is 268 g/mol. The first kappa shape index (κ1) is 13.2. The van der Waals surface area contributed by atoms with Gasteiger partial charge in [-0.2, -0.15) is 11.3 Å². The zero-order valence-corrected chi connectivity index (χ0v) is 12.1. The number of rotatable bonds is 4. The quantitative estimate of drug-likeness (QED) is 0.778. The number of aliphatic hydroxyl groups is 1. The molecule has 1 unspecified atom stereocenters. The lowest BCUT2D eigenvalue weighted by atomic mass is 9.96. The van der Waals surface area contributed by atoms with Gasteiger partial charge in [0.05, 0.1) is 13.2 Å². The van der Waals surface area contributed by atoms with E-state index in [0.29, 0.717) is 6.42 Å². The Morgan fingerprint density at radius 2 is 2.00 bits per heavy atom. The molecule has 3 aromatic rings. The standard InChI is InChI=1S/C17H16O2S/c1-19-16-7-6-13-4-2-3-5-14(13)17(16)15(18)10-12-8-9-20-11-12/h2-9,11,15,18H,10H2,1H3. The van der Waals surface area contributed by atoms with E-state index in [-0.39, 0.29) is 0 Å². The number of methoxy groups -OCH3 is 1. The monoisotopic (exact) mass is 284 g/mol. The average molecular weight is 284 g/mol. The van der Waals surface area contributed by atoms with Crippen molar-refractivity contribution < 1.29 is 9.84 Å². The Morgan fingerprint density at radius 1 is 1.15 bits per heavy atom. The number of thiophene rings is 1. The second kappa shape index (κ2) is 5.65. The van der Waals surface area contributed by atoms with Gasteiger partial charge in [-0.15, -0.1) is 0 Å². The van der Waals surface area contributed by atoms with E-state index in [1.54, 1.807) is 18.4 Å². The largest absolute Gasteiger partial charge is 0.496 e. The molecule has 2 aromatic carbocycles. The molecule has 0 aliphatic heterocycles. The summed E-state index contributed by atoms with van der Waals surface area (Å²) in [6.07, 6.45) is 0.0408. The van der Waals surface area contributed by atoms with Crippen molar-refractivity contribution >= 4 is 22.1 Å². The summed E-state index contributed by atoms with van der Waals surface area (Å²) in [7, 11) is 1.64. The van der Waals surface area contributed by atoms with Crippen LogP contribution in [0.3, 0.4) is 0 Å². The van der Waals surface area contributed by atoms with Gasteiger partial charge in [-0.05, 0) is 39.2 Å². The summed E-state index contributed by atoms with van der Waals surface area (Å²) >= 11 is 1.65. The van der Waals surface area contributed by atoms with Crippen LogP contribution >= 0.6 is 11.3 Å². The van der Waals surface area contributed by atoms with Crippen molar-refractivity contribution in [3.63, 3.8) is 0 Å². The molecule has 1 heterocycles. The van der Waals surface area contributed by atoms with Crippen LogP contribution in [0.2, 0.25) is 0 Å². The number of fused-ring (bicyclic) bond motifs is 1. The van der Waals surface area contributed by atoms with Crippen molar-refractivity contribution in [1.29, 1.82) is 0 Å². The molecule has 102 valence electrons. The number of ether oxygens (including phenoxy) is 1. The maximum absolute atomic E-state index is 10.6. The molecule has 3 rings (SSSR count). The fourth-order valence-corrected chi connectivity index (χ4v) is 3.21. The van der Waals surface area contributed by atoms with Gasteiger partial charge in [0.2, 0.25) is 0 Å². The highest BCUT2D eigenvalue weighted by molar-refractivity contribution is 7.07. The third-order valence-corrected chi connectivity index (χ3v) is 4.23. The molecule has 1 aromatic heterocycles. The number of hydrogen-bond acceptors (Lipinski definition) is 3. The van der Waals surface area contributed by atoms with Crippen LogP contribution in [0.25, 0.3) is 10.8 Å². The fourth-order valence-electron chi connectivity index (χ4n) is 2.53. The van der Waals surface area contributed by atoms with Gasteiger partial charge in [0.1, 0.15) is 5.75 Å². The first-order valence-corrected chi connectivity index (χ1v) is 7.48. The van der Waals surface area contributed by atoms with Crippen LogP contribution in [0, 0.1) is 0 Å². The highest BCUT2D eigenvalue weighted by atomic mass is 32.1. The van der Waals surface area contributed by atoms with E-state index in [2.05, 4.69) is 11.4 Å². The predicted octanol–water partition coefficient (Wildman–Crippen LogP) is 4.19. The molecule has 0 saturated carbocycles.